The summed E-state index contributed by atoms with van der Waals surface area (Å²) in [6.45, 7) is 0.344. The van der Waals surface area contributed by atoms with Gasteiger partial charge in [-0.15, -0.1) is 24.8 Å². The summed E-state index contributed by atoms with van der Waals surface area (Å²) in [5, 5.41) is 9.67. The number of hydrogen-bond acceptors (Lipinski definition) is 2. The molecule has 0 saturated carbocycles. The fraction of sp³-hybridized carbons (Fsp3) is 0.0769. The second-order valence-corrected chi connectivity index (χ2v) is 3.37. The third-order valence-corrected chi connectivity index (χ3v) is 2.44. The molecular weight excluding hydrogens is 257 g/mol. The van der Waals surface area contributed by atoms with E-state index in [-0.39, 0.29) is 30.6 Å². The van der Waals surface area contributed by atoms with Crippen molar-refractivity contribution in [2.75, 3.05) is 0 Å². The first kappa shape index (κ1) is 15.8. The standard InChI is InChI=1S/C13H13NO.2ClH/c14-9-12-11(7-4-8-13(12)15)10-5-2-1-3-6-10;;/h1-8,15H,9,14H2;2*1H. The van der Waals surface area contributed by atoms with Crippen LogP contribution in [0, 0.1) is 0 Å². The maximum atomic E-state index is 9.67. The number of benzene rings is 2. The Bertz CT molecular complexity index is 460. The largest absolute Gasteiger partial charge is 0.508 e. The molecule has 0 aliphatic carbocycles. The van der Waals surface area contributed by atoms with Crippen molar-refractivity contribution < 1.29 is 5.11 Å². The first-order valence-electron chi connectivity index (χ1n) is 4.89. The normalized spacial score (nSPS) is 9.00. The Morgan fingerprint density at radius 1 is 0.882 bits per heavy atom. The predicted molar refractivity (Wildman–Crippen MR) is 75.9 cm³/mol. The summed E-state index contributed by atoms with van der Waals surface area (Å²) in [5.41, 5.74) is 8.50. The molecule has 3 N–H and O–H groups in total. The lowest BCUT2D eigenvalue weighted by atomic mass is 9.99. The molecule has 0 unspecified atom stereocenters. The Morgan fingerprint density at radius 3 is 2.12 bits per heavy atom. The van der Waals surface area contributed by atoms with E-state index < -0.39 is 0 Å². The summed E-state index contributed by atoms with van der Waals surface area (Å²) in [6.07, 6.45) is 0. The monoisotopic (exact) mass is 271 g/mol. The van der Waals surface area contributed by atoms with E-state index in [1.165, 1.54) is 0 Å². The van der Waals surface area contributed by atoms with Gasteiger partial charge in [0.2, 0.25) is 0 Å². The highest BCUT2D eigenvalue weighted by Gasteiger charge is 2.06. The summed E-state index contributed by atoms with van der Waals surface area (Å²) in [6, 6.07) is 15.4. The number of aromatic hydroxyl groups is 1. The molecule has 0 saturated heterocycles. The molecule has 92 valence electrons. The lowest BCUT2D eigenvalue weighted by Crippen LogP contribution is -1.99. The minimum atomic E-state index is 0. The first-order chi connectivity index (χ1) is 7.33. The number of phenols is 1. The number of nitrogens with two attached hydrogens (primary N) is 1. The van der Waals surface area contributed by atoms with Crippen LogP contribution in [-0.4, -0.2) is 5.11 Å². The lowest BCUT2D eigenvalue weighted by Gasteiger charge is -2.09. The molecule has 4 heteroatoms. The maximum absolute atomic E-state index is 9.67. The van der Waals surface area contributed by atoms with Crippen molar-refractivity contribution >= 4 is 24.8 Å². The van der Waals surface area contributed by atoms with Crippen molar-refractivity contribution in [1.29, 1.82) is 0 Å². The zero-order chi connectivity index (χ0) is 10.7. The van der Waals surface area contributed by atoms with Gasteiger partial charge >= 0.3 is 0 Å². The highest BCUT2D eigenvalue weighted by molar-refractivity contribution is 5.85. The Labute approximate surface area is 113 Å². The number of hydrogen-bond donors (Lipinski definition) is 2. The average molecular weight is 272 g/mol. The van der Waals surface area contributed by atoms with E-state index in [0.29, 0.717) is 6.54 Å². The molecule has 0 spiro atoms. The van der Waals surface area contributed by atoms with Gasteiger partial charge in [0.05, 0.1) is 0 Å². The van der Waals surface area contributed by atoms with E-state index >= 15 is 0 Å². The highest BCUT2D eigenvalue weighted by atomic mass is 35.5. The quantitative estimate of drug-likeness (QED) is 0.880. The second-order valence-electron chi connectivity index (χ2n) is 3.37. The van der Waals surface area contributed by atoms with Crippen LogP contribution in [0.1, 0.15) is 5.56 Å². The van der Waals surface area contributed by atoms with Gasteiger partial charge in [-0.25, -0.2) is 0 Å². The predicted octanol–water partition coefficient (Wildman–Crippen LogP) is 3.36. The van der Waals surface area contributed by atoms with Crippen LogP contribution in [-0.2, 0) is 6.54 Å². The van der Waals surface area contributed by atoms with Gasteiger partial charge in [-0.1, -0.05) is 42.5 Å². The van der Waals surface area contributed by atoms with Gasteiger partial charge in [0.1, 0.15) is 5.75 Å². The molecule has 2 rings (SSSR count). The molecule has 0 amide bonds. The molecule has 17 heavy (non-hydrogen) atoms. The van der Waals surface area contributed by atoms with Crippen LogP contribution in [0.3, 0.4) is 0 Å². The molecule has 0 heterocycles. The van der Waals surface area contributed by atoms with E-state index in [2.05, 4.69) is 0 Å². The third kappa shape index (κ3) is 3.37. The Kier molecular flexibility index (Phi) is 6.66. The number of halogens is 2. The van der Waals surface area contributed by atoms with Crippen LogP contribution in [0.15, 0.2) is 48.5 Å². The molecule has 0 atom stereocenters. The van der Waals surface area contributed by atoms with Crippen molar-refractivity contribution in [3.05, 3.63) is 54.1 Å². The van der Waals surface area contributed by atoms with Crippen molar-refractivity contribution in [3.63, 3.8) is 0 Å². The summed E-state index contributed by atoms with van der Waals surface area (Å²) < 4.78 is 0. The Morgan fingerprint density at radius 2 is 1.53 bits per heavy atom. The van der Waals surface area contributed by atoms with Gasteiger partial charge in [0, 0.05) is 12.1 Å². The number of phenolic OH excluding ortho intramolecular Hbond substituents is 1. The van der Waals surface area contributed by atoms with Crippen LogP contribution in [0.4, 0.5) is 0 Å². The van der Waals surface area contributed by atoms with E-state index in [4.69, 9.17) is 5.73 Å². The Balaban J connectivity index is 0.00000128. The van der Waals surface area contributed by atoms with Gasteiger partial charge in [0.15, 0.2) is 0 Å². The smallest absolute Gasteiger partial charge is 0.120 e. The fourth-order valence-electron chi connectivity index (χ4n) is 1.68. The van der Waals surface area contributed by atoms with Crippen LogP contribution < -0.4 is 5.73 Å². The zero-order valence-corrected chi connectivity index (χ0v) is 10.8. The first-order valence-corrected chi connectivity index (χ1v) is 4.89. The van der Waals surface area contributed by atoms with E-state index in [1.54, 1.807) is 6.07 Å². The minimum absolute atomic E-state index is 0. The molecule has 0 aliphatic rings. The van der Waals surface area contributed by atoms with Crippen LogP contribution >= 0.6 is 24.8 Å². The summed E-state index contributed by atoms with van der Waals surface area (Å²) >= 11 is 0. The van der Waals surface area contributed by atoms with E-state index in [1.807, 2.05) is 42.5 Å². The molecule has 0 fully saturated rings. The molecule has 0 radical (unpaired) electrons. The van der Waals surface area contributed by atoms with Crippen LogP contribution in [0.5, 0.6) is 5.75 Å². The van der Waals surface area contributed by atoms with Gasteiger partial charge in [-0.05, 0) is 17.2 Å². The SMILES string of the molecule is Cl.Cl.NCc1c(O)cccc1-c1ccccc1. The Hall–Kier alpha value is -1.22. The molecule has 2 aromatic carbocycles. The van der Waals surface area contributed by atoms with Crippen molar-refractivity contribution in [3.8, 4) is 16.9 Å². The fourth-order valence-corrected chi connectivity index (χ4v) is 1.68. The van der Waals surface area contributed by atoms with Gasteiger partial charge < -0.3 is 10.8 Å². The van der Waals surface area contributed by atoms with Gasteiger partial charge in [-0.2, -0.15) is 0 Å². The minimum Gasteiger partial charge on any atom is -0.508 e. The molecule has 0 aliphatic heterocycles. The average Bonchev–Trinajstić information content (AvgIpc) is 2.30. The zero-order valence-electron chi connectivity index (χ0n) is 9.17. The van der Waals surface area contributed by atoms with Gasteiger partial charge in [0.25, 0.3) is 0 Å². The van der Waals surface area contributed by atoms with E-state index in [0.717, 1.165) is 16.7 Å². The van der Waals surface area contributed by atoms with Crippen molar-refractivity contribution in [2.45, 2.75) is 6.54 Å². The lowest BCUT2D eigenvalue weighted by molar-refractivity contribution is 0.469. The molecule has 0 bridgehead atoms. The van der Waals surface area contributed by atoms with Crippen molar-refractivity contribution in [1.82, 2.24) is 0 Å². The molecule has 2 aromatic rings. The van der Waals surface area contributed by atoms with E-state index in [9.17, 15) is 5.11 Å². The number of rotatable bonds is 2. The summed E-state index contributed by atoms with van der Waals surface area (Å²) in [7, 11) is 0. The molecule has 2 nitrogen and oxygen atoms in total. The topological polar surface area (TPSA) is 46.2 Å². The third-order valence-electron chi connectivity index (χ3n) is 2.44. The van der Waals surface area contributed by atoms with Crippen LogP contribution in [0.2, 0.25) is 0 Å². The summed E-state index contributed by atoms with van der Waals surface area (Å²) in [5.74, 6) is 0.263. The van der Waals surface area contributed by atoms with Gasteiger partial charge in [-0.3, -0.25) is 0 Å². The van der Waals surface area contributed by atoms with Crippen LogP contribution in [0.25, 0.3) is 11.1 Å². The highest BCUT2D eigenvalue weighted by Crippen LogP contribution is 2.29. The maximum Gasteiger partial charge on any atom is 0.120 e. The molecule has 0 aromatic heterocycles. The molecular formula is C13H15Cl2NO. The van der Waals surface area contributed by atoms with Crippen molar-refractivity contribution in [2.24, 2.45) is 5.73 Å². The second kappa shape index (κ2) is 7.17. The summed E-state index contributed by atoms with van der Waals surface area (Å²) in [4.78, 5) is 0.